The smallest absolute Gasteiger partial charge is 0.274 e. The third-order valence-corrected chi connectivity index (χ3v) is 3.25. The highest BCUT2D eigenvalue weighted by atomic mass is 79.9. The minimum absolute atomic E-state index is 0.0199. The molecule has 0 bridgehead atoms. The van der Waals surface area contributed by atoms with Crippen LogP contribution in [-0.4, -0.2) is 31.6 Å². The van der Waals surface area contributed by atoms with E-state index >= 15 is 0 Å². The lowest BCUT2D eigenvalue weighted by Gasteiger charge is -2.05. The molecule has 1 N–H and O–H groups in total. The number of hydrogen-bond acceptors (Lipinski definition) is 5. The van der Waals surface area contributed by atoms with Crippen LogP contribution in [0.2, 0.25) is 0 Å². The molecule has 0 aliphatic heterocycles. The highest BCUT2D eigenvalue weighted by Crippen LogP contribution is 2.29. The Kier molecular flexibility index (Phi) is 3.91. The molecule has 0 spiro atoms. The van der Waals surface area contributed by atoms with Crippen molar-refractivity contribution in [3.63, 3.8) is 0 Å². The molecule has 0 aliphatic rings. The zero-order chi connectivity index (χ0) is 14.0. The third kappa shape index (κ3) is 2.79. The predicted molar refractivity (Wildman–Crippen MR) is 71.2 cm³/mol. The summed E-state index contributed by atoms with van der Waals surface area (Å²) >= 11 is 3.35. The summed E-state index contributed by atoms with van der Waals surface area (Å²) in [6.45, 7) is 1.65. The van der Waals surface area contributed by atoms with E-state index in [9.17, 15) is 10.1 Å². The Labute approximate surface area is 117 Å². The Morgan fingerprint density at radius 1 is 1.53 bits per heavy atom. The molecule has 0 saturated heterocycles. The molecule has 7 nitrogen and oxygen atoms in total. The molecule has 0 fully saturated rings. The van der Waals surface area contributed by atoms with Crippen LogP contribution in [-0.2, 0) is 6.42 Å². The Balaban J connectivity index is 2.48. The van der Waals surface area contributed by atoms with Gasteiger partial charge in [-0.25, -0.2) is 4.68 Å². The van der Waals surface area contributed by atoms with Crippen LogP contribution in [0.15, 0.2) is 22.8 Å². The van der Waals surface area contributed by atoms with Crippen molar-refractivity contribution in [3.05, 3.63) is 44.2 Å². The monoisotopic (exact) mass is 326 g/mol. The molecule has 0 saturated carbocycles. The van der Waals surface area contributed by atoms with Gasteiger partial charge in [0, 0.05) is 29.1 Å². The number of hydrogen-bond donors (Lipinski definition) is 1. The van der Waals surface area contributed by atoms with Gasteiger partial charge < -0.3 is 5.11 Å². The normalized spacial score (nSPS) is 10.7. The fourth-order valence-electron chi connectivity index (χ4n) is 1.67. The Morgan fingerprint density at radius 3 is 2.89 bits per heavy atom. The second-order valence-corrected chi connectivity index (χ2v) is 4.83. The average Bonchev–Trinajstić information content (AvgIpc) is 2.77. The maximum Gasteiger partial charge on any atom is 0.274 e. The lowest BCUT2D eigenvalue weighted by molar-refractivity contribution is -0.385. The fourth-order valence-corrected chi connectivity index (χ4v) is 2.31. The third-order valence-electron chi connectivity index (χ3n) is 2.62. The second kappa shape index (κ2) is 5.45. The highest BCUT2D eigenvalue weighted by molar-refractivity contribution is 9.10. The Hall–Kier alpha value is -1.80. The van der Waals surface area contributed by atoms with E-state index in [0.717, 1.165) is 0 Å². The zero-order valence-electron chi connectivity index (χ0n) is 10.1. The van der Waals surface area contributed by atoms with Gasteiger partial charge in [-0.15, -0.1) is 5.10 Å². The molecule has 0 aliphatic carbocycles. The van der Waals surface area contributed by atoms with Gasteiger partial charge in [0.25, 0.3) is 5.69 Å². The predicted octanol–water partition coefficient (Wildman–Crippen LogP) is 1.78. The Bertz CT molecular complexity index is 626. The second-order valence-electron chi connectivity index (χ2n) is 3.98. The molecule has 8 heteroatoms. The molecule has 1 heterocycles. The maximum absolute atomic E-state index is 10.9. The highest BCUT2D eigenvalue weighted by Gasteiger charge is 2.16. The van der Waals surface area contributed by atoms with E-state index in [0.29, 0.717) is 27.8 Å². The van der Waals surface area contributed by atoms with Crippen molar-refractivity contribution < 1.29 is 10.0 Å². The first-order valence-corrected chi connectivity index (χ1v) is 6.29. The van der Waals surface area contributed by atoms with Gasteiger partial charge in [0.05, 0.1) is 22.5 Å². The summed E-state index contributed by atoms with van der Waals surface area (Å²) in [5, 5.41) is 27.5. The van der Waals surface area contributed by atoms with Crippen LogP contribution in [0.25, 0.3) is 5.69 Å². The fraction of sp³-hybridized carbons (Fsp3) is 0.273. The summed E-state index contributed by atoms with van der Waals surface area (Å²) in [4.78, 5) is 10.5. The van der Waals surface area contributed by atoms with Crippen LogP contribution in [0.5, 0.6) is 0 Å². The minimum atomic E-state index is -0.434. The average molecular weight is 327 g/mol. The SMILES string of the molecule is Cc1cc(Br)c(-n2cc(CCO)nn2)cc1[N+](=O)[O-]. The van der Waals surface area contributed by atoms with Crippen molar-refractivity contribution in [1.29, 1.82) is 0 Å². The molecular formula is C11H11BrN4O3. The summed E-state index contributed by atoms with van der Waals surface area (Å²) in [5.74, 6) is 0. The summed E-state index contributed by atoms with van der Waals surface area (Å²) in [5.41, 5.74) is 1.75. The van der Waals surface area contributed by atoms with Gasteiger partial charge in [0.2, 0.25) is 0 Å². The van der Waals surface area contributed by atoms with Gasteiger partial charge in [-0.3, -0.25) is 10.1 Å². The van der Waals surface area contributed by atoms with Crippen LogP contribution >= 0.6 is 15.9 Å². The zero-order valence-corrected chi connectivity index (χ0v) is 11.7. The standard InChI is InChI=1S/C11H11BrN4O3/c1-7-4-9(12)11(5-10(7)16(18)19)15-6-8(2-3-17)13-14-15/h4-6,17H,2-3H2,1H3. The van der Waals surface area contributed by atoms with Crippen LogP contribution in [0.1, 0.15) is 11.3 Å². The summed E-state index contributed by atoms with van der Waals surface area (Å²) < 4.78 is 2.14. The number of aliphatic hydroxyl groups is 1. The number of nitro groups is 1. The number of aliphatic hydroxyl groups excluding tert-OH is 1. The van der Waals surface area contributed by atoms with E-state index < -0.39 is 4.92 Å². The minimum Gasteiger partial charge on any atom is -0.396 e. The van der Waals surface area contributed by atoms with Crippen molar-refractivity contribution in [3.8, 4) is 5.69 Å². The van der Waals surface area contributed by atoms with E-state index in [1.807, 2.05) is 0 Å². The molecule has 2 aromatic rings. The molecular weight excluding hydrogens is 316 g/mol. The number of halogens is 1. The topological polar surface area (TPSA) is 94.1 Å². The van der Waals surface area contributed by atoms with Gasteiger partial charge in [-0.05, 0) is 28.9 Å². The first kappa shape index (κ1) is 13.6. The largest absolute Gasteiger partial charge is 0.396 e. The number of aromatic nitrogens is 3. The first-order chi connectivity index (χ1) is 9.02. The molecule has 1 aromatic heterocycles. The summed E-state index contributed by atoms with van der Waals surface area (Å²) in [6.07, 6.45) is 2.03. The number of benzene rings is 1. The van der Waals surface area contributed by atoms with Crippen molar-refractivity contribution in [2.24, 2.45) is 0 Å². The number of aryl methyl sites for hydroxylation is 1. The molecule has 0 unspecified atom stereocenters. The molecule has 2 rings (SSSR count). The van der Waals surface area contributed by atoms with Crippen LogP contribution in [0.4, 0.5) is 5.69 Å². The molecule has 0 radical (unpaired) electrons. The summed E-state index contributed by atoms with van der Waals surface area (Å²) in [6, 6.07) is 3.11. The van der Waals surface area contributed by atoms with Crippen molar-refractivity contribution >= 4 is 21.6 Å². The van der Waals surface area contributed by atoms with Crippen LogP contribution in [0.3, 0.4) is 0 Å². The van der Waals surface area contributed by atoms with Gasteiger partial charge in [-0.1, -0.05) is 5.21 Å². The van der Waals surface area contributed by atoms with E-state index in [2.05, 4.69) is 26.2 Å². The molecule has 19 heavy (non-hydrogen) atoms. The molecule has 100 valence electrons. The van der Waals surface area contributed by atoms with E-state index in [1.54, 1.807) is 19.2 Å². The lowest BCUT2D eigenvalue weighted by atomic mass is 10.2. The molecule has 0 amide bonds. The van der Waals surface area contributed by atoms with Crippen molar-refractivity contribution in [2.75, 3.05) is 6.61 Å². The van der Waals surface area contributed by atoms with Crippen molar-refractivity contribution in [1.82, 2.24) is 15.0 Å². The molecule has 1 aromatic carbocycles. The van der Waals surface area contributed by atoms with Gasteiger partial charge in [0.1, 0.15) is 0 Å². The maximum atomic E-state index is 10.9. The van der Waals surface area contributed by atoms with Gasteiger partial charge in [0.15, 0.2) is 0 Å². The van der Waals surface area contributed by atoms with Gasteiger partial charge in [-0.2, -0.15) is 0 Å². The van der Waals surface area contributed by atoms with Crippen LogP contribution in [0, 0.1) is 17.0 Å². The number of nitro benzene ring substituents is 1. The van der Waals surface area contributed by atoms with Gasteiger partial charge >= 0.3 is 0 Å². The lowest BCUT2D eigenvalue weighted by Crippen LogP contribution is -2.00. The molecule has 0 atom stereocenters. The number of rotatable bonds is 4. The first-order valence-electron chi connectivity index (χ1n) is 5.50. The quantitative estimate of drug-likeness (QED) is 0.682. The van der Waals surface area contributed by atoms with E-state index in [4.69, 9.17) is 5.11 Å². The number of nitrogens with zero attached hydrogens (tertiary/aromatic N) is 4. The van der Waals surface area contributed by atoms with Crippen LogP contribution < -0.4 is 0 Å². The summed E-state index contributed by atoms with van der Waals surface area (Å²) in [7, 11) is 0. The van der Waals surface area contributed by atoms with E-state index in [1.165, 1.54) is 10.7 Å². The van der Waals surface area contributed by atoms with E-state index in [-0.39, 0.29) is 12.3 Å². The Morgan fingerprint density at radius 2 is 2.26 bits per heavy atom. The van der Waals surface area contributed by atoms with Crippen molar-refractivity contribution in [2.45, 2.75) is 13.3 Å².